The Labute approximate surface area is 162 Å². The molecule has 0 unspecified atom stereocenters. The Morgan fingerprint density at radius 3 is 2.57 bits per heavy atom. The number of carbonyl (C=O) groups excluding carboxylic acids is 2. The van der Waals surface area contributed by atoms with Crippen LogP contribution in [0.5, 0.6) is 11.5 Å². The van der Waals surface area contributed by atoms with Gasteiger partial charge < -0.3 is 14.2 Å². The molecule has 1 aliphatic heterocycles. The average molecular weight is 377 g/mol. The standard InChI is InChI=1S/C22H19NO5/c1-3-26-20-14-17(9-11-19(20)27-15(2)24)13-18-22(25)28-21(23-18)12-10-16-7-5-4-6-8-16/h4-14H,3H2,1-2H3/b12-10+,18-13-. The Morgan fingerprint density at radius 1 is 1.07 bits per heavy atom. The van der Waals surface area contributed by atoms with E-state index in [1.807, 2.05) is 43.3 Å². The van der Waals surface area contributed by atoms with E-state index >= 15 is 0 Å². The minimum Gasteiger partial charge on any atom is -0.490 e. The van der Waals surface area contributed by atoms with Gasteiger partial charge in [0.2, 0.25) is 5.90 Å². The van der Waals surface area contributed by atoms with E-state index in [0.717, 1.165) is 5.56 Å². The Kier molecular flexibility index (Phi) is 6.01. The lowest BCUT2D eigenvalue weighted by atomic mass is 10.1. The van der Waals surface area contributed by atoms with Crippen LogP contribution in [-0.2, 0) is 14.3 Å². The van der Waals surface area contributed by atoms with Crippen molar-refractivity contribution in [2.75, 3.05) is 6.61 Å². The first-order valence-corrected chi connectivity index (χ1v) is 8.76. The topological polar surface area (TPSA) is 74.2 Å². The number of benzene rings is 2. The average Bonchev–Trinajstić information content (AvgIpc) is 3.02. The molecule has 1 aliphatic rings. The minimum absolute atomic E-state index is 0.176. The molecule has 0 spiro atoms. The Hall–Kier alpha value is -3.67. The van der Waals surface area contributed by atoms with Crippen LogP contribution in [0.2, 0.25) is 0 Å². The second kappa shape index (κ2) is 8.81. The molecule has 0 bridgehead atoms. The van der Waals surface area contributed by atoms with Crippen molar-refractivity contribution in [3.05, 3.63) is 71.4 Å². The molecule has 2 aromatic rings. The summed E-state index contributed by atoms with van der Waals surface area (Å²) in [6.07, 6.45) is 5.05. The van der Waals surface area contributed by atoms with Crippen molar-refractivity contribution in [1.29, 1.82) is 0 Å². The fraction of sp³-hybridized carbons (Fsp3) is 0.136. The van der Waals surface area contributed by atoms with Gasteiger partial charge in [0.05, 0.1) is 6.61 Å². The van der Waals surface area contributed by atoms with E-state index < -0.39 is 11.9 Å². The summed E-state index contributed by atoms with van der Waals surface area (Å²) in [7, 11) is 0. The van der Waals surface area contributed by atoms with Crippen molar-refractivity contribution in [1.82, 2.24) is 0 Å². The summed E-state index contributed by atoms with van der Waals surface area (Å²) in [5.41, 5.74) is 1.82. The Bertz CT molecular complexity index is 974. The normalized spacial score (nSPS) is 14.9. The van der Waals surface area contributed by atoms with Gasteiger partial charge in [-0.3, -0.25) is 4.79 Å². The number of esters is 2. The number of ether oxygens (including phenoxy) is 3. The van der Waals surface area contributed by atoms with Gasteiger partial charge in [-0.15, -0.1) is 0 Å². The largest absolute Gasteiger partial charge is 0.490 e. The minimum atomic E-state index is -0.533. The number of hydrogen-bond donors (Lipinski definition) is 0. The number of aliphatic imine (C=N–C) groups is 1. The highest BCUT2D eigenvalue weighted by atomic mass is 16.6. The van der Waals surface area contributed by atoms with Crippen LogP contribution in [0, 0.1) is 0 Å². The molecule has 0 aliphatic carbocycles. The molecule has 1 heterocycles. The summed E-state index contributed by atoms with van der Waals surface area (Å²) >= 11 is 0. The summed E-state index contributed by atoms with van der Waals surface area (Å²) in [5.74, 6) is -0.0191. The monoisotopic (exact) mass is 377 g/mol. The van der Waals surface area contributed by atoms with Crippen molar-refractivity contribution in [2.24, 2.45) is 4.99 Å². The van der Waals surface area contributed by atoms with Crippen molar-refractivity contribution in [2.45, 2.75) is 13.8 Å². The van der Waals surface area contributed by atoms with Crippen LogP contribution in [0.4, 0.5) is 0 Å². The van der Waals surface area contributed by atoms with E-state index in [9.17, 15) is 9.59 Å². The summed E-state index contributed by atoms with van der Waals surface area (Å²) in [5, 5.41) is 0. The second-order valence-corrected chi connectivity index (χ2v) is 5.85. The first-order valence-electron chi connectivity index (χ1n) is 8.76. The Balaban J connectivity index is 1.82. The lowest BCUT2D eigenvalue weighted by Gasteiger charge is -2.10. The molecule has 2 aromatic carbocycles. The van der Waals surface area contributed by atoms with E-state index in [2.05, 4.69) is 4.99 Å². The zero-order chi connectivity index (χ0) is 19.9. The lowest BCUT2D eigenvalue weighted by molar-refractivity contribution is -0.132. The van der Waals surface area contributed by atoms with Crippen LogP contribution in [0.15, 0.2) is 65.3 Å². The molecular formula is C22H19NO5. The second-order valence-electron chi connectivity index (χ2n) is 5.85. The fourth-order valence-corrected chi connectivity index (χ4v) is 2.51. The molecule has 0 radical (unpaired) electrons. The van der Waals surface area contributed by atoms with Gasteiger partial charge in [-0.1, -0.05) is 36.4 Å². The molecule has 0 fully saturated rings. The van der Waals surface area contributed by atoms with Gasteiger partial charge in [0, 0.05) is 13.0 Å². The van der Waals surface area contributed by atoms with Crippen LogP contribution in [-0.4, -0.2) is 24.4 Å². The predicted octanol–water partition coefficient (Wildman–Crippen LogP) is 4.02. The number of rotatable bonds is 6. The molecule has 28 heavy (non-hydrogen) atoms. The smallest absolute Gasteiger partial charge is 0.363 e. The number of nitrogens with zero attached hydrogens (tertiary/aromatic N) is 1. The van der Waals surface area contributed by atoms with Crippen LogP contribution in [0.3, 0.4) is 0 Å². The van der Waals surface area contributed by atoms with Gasteiger partial charge in [0.15, 0.2) is 17.2 Å². The molecule has 0 atom stereocenters. The SMILES string of the molecule is CCOc1cc(/C=C2N=C(/C=C/c3ccccc3)OC\2=O)ccc1OC(C)=O. The molecule has 3 rings (SSSR count). The maximum atomic E-state index is 12.1. The lowest BCUT2D eigenvalue weighted by Crippen LogP contribution is -2.04. The third-order valence-electron chi connectivity index (χ3n) is 3.68. The molecule has 0 N–H and O–H groups in total. The maximum absolute atomic E-state index is 12.1. The summed E-state index contributed by atoms with van der Waals surface area (Å²) in [6.45, 7) is 3.55. The van der Waals surface area contributed by atoms with Crippen molar-refractivity contribution >= 4 is 30.0 Å². The van der Waals surface area contributed by atoms with Gasteiger partial charge in [-0.05, 0) is 42.3 Å². The van der Waals surface area contributed by atoms with Crippen LogP contribution < -0.4 is 9.47 Å². The zero-order valence-corrected chi connectivity index (χ0v) is 15.5. The van der Waals surface area contributed by atoms with Crippen LogP contribution in [0.1, 0.15) is 25.0 Å². The van der Waals surface area contributed by atoms with E-state index in [-0.39, 0.29) is 11.6 Å². The van der Waals surface area contributed by atoms with Gasteiger partial charge in [0.1, 0.15) is 0 Å². The van der Waals surface area contributed by atoms with E-state index in [4.69, 9.17) is 14.2 Å². The van der Waals surface area contributed by atoms with Crippen molar-refractivity contribution in [3.63, 3.8) is 0 Å². The molecule has 0 saturated heterocycles. The molecule has 6 heteroatoms. The molecule has 142 valence electrons. The Morgan fingerprint density at radius 2 is 1.86 bits per heavy atom. The predicted molar refractivity (Wildman–Crippen MR) is 106 cm³/mol. The first-order chi connectivity index (χ1) is 13.5. The number of cyclic esters (lactones) is 1. The molecule has 0 aromatic heterocycles. The maximum Gasteiger partial charge on any atom is 0.363 e. The number of carbonyl (C=O) groups is 2. The van der Waals surface area contributed by atoms with Crippen LogP contribution >= 0.6 is 0 Å². The van der Waals surface area contributed by atoms with Gasteiger partial charge in [-0.2, -0.15) is 0 Å². The molecular weight excluding hydrogens is 358 g/mol. The quantitative estimate of drug-likeness (QED) is 0.432. The molecule has 0 amide bonds. The van der Waals surface area contributed by atoms with E-state index in [1.54, 1.807) is 30.4 Å². The third-order valence-corrected chi connectivity index (χ3v) is 3.68. The highest BCUT2D eigenvalue weighted by Gasteiger charge is 2.21. The summed E-state index contributed by atoms with van der Waals surface area (Å²) in [4.78, 5) is 27.5. The third kappa shape index (κ3) is 4.94. The van der Waals surface area contributed by atoms with Crippen LogP contribution in [0.25, 0.3) is 12.2 Å². The first kappa shape index (κ1) is 19.1. The number of hydrogen-bond acceptors (Lipinski definition) is 6. The van der Waals surface area contributed by atoms with Crippen molar-refractivity contribution < 1.29 is 23.8 Å². The highest BCUT2D eigenvalue weighted by Crippen LogP contribution is 2.30. The van der Waals surface area contributed by atoms with Gasteiger partial charge >= 0.3 is 11.9 Å². The summed E-state index contributed by atoms with van der Waals surface area (Å²) < 4.78 is 15.8. The fourth-order valence-electron chi connectivity index (χ4n) is 2.51. The van der Waals surface area contributed by atoms with Gasteiger partial charge in [-0.25, -0.2) is 9.79 Å². The molecule has 0 saturated carbocycles. The van der Waals surface area contributed by atoms with Crippen molar-refractivity contribution in [3.8, 4) is 11.5 Å². The van der Waals surface area contributed by atoms with Gasteiger partial charge in [0.25, 0.3) is 0 Å². The van der Waals surface area contributed by atoms with E-state index in [0.29, 0.717) is 23.7 Å². The summed E-state index contributed by atoms with van der Waals surface area (Å²) in [6, 6.07) is 14.6. The highest BCUT2D eigenvalue weighted by molar-refractivity contribution is 6.11. The van der Waals surface area contributed by atoms with E-state index in [1.165, 1.54) is 6.92 Å². The zero-order valence-electron chi connectivity index (χ0n) is 15.5. The molecule has 6 nitrogen and oxygen atoms in total.